The van der Waals surface area contributed by atoms with E-state index in [1.54, 1.807) is 14.2 Å². The summed E-state index contributed by atoms with van der Waals surface area (Å²) in [5, 5.41) is 0. The number of benzene rings is 2. The van der Waals surface area contributed by atoms with Gasteiger partial charge in [0.25, 0.3) is 0 Å². The van der Waals surface area contributed by atoms with Gasteiger partial charge in [0.2, 0.25) is 0 Å². The second-order valence-electron chi connectivity index (χ2n) is 8.71. The highest BCUT2D eigenvalue weighted by Gasteiger charge is 2.29. The van der Waals surface area contributed by atoms with E-state index in [0.29, 0.717) is 6.04 Å². The molecule has 0 amide bonds. The van der Waals surface area contributed by atoms with Crippen LogP contribution in [-0.4, -0.2) is 56.2 Å². The molecule has 0 N–H and O–H groups in total. The first-order chi connectivity index (χ1) is 14.8. The molecule has 1 aliphatic heterocycles. The minimum atomic E-state index is 0. The van der Waals surface area contributed by atoms with Crippen molar-refractivity contribution in [2.75, 3.05) is 40.4 Å². The molecule has 1 aliphatic carbocycles. The van der Waals surface area contributed by atoms with E-state index < -0.39 is 0 Å². The van der Waals surface area contributed by atoms with Gasteiger partial charge in [-0.15, -0.1) is 12.4 Å². The predicted octanol–water partition coefficient (Wildman–Crippen LogP) is 5.36. The van der Waals surface area contributed by atoms with E-state index in [1.165, 1.54) is 56.3 Å². The summed E-state index contributed by atoms with van der Waals surface area (Å²) < 4.78 is 11.0. The van der Waals surface area contributed by atoms with Gasteiger partial charge in [0.05, 0.1) is 14.2 Å². The zero-order valence-electron chi connectivity index (χ0n) is 19.0. The van der Waals surface area contributed by atoms with Gasteiger partial charge in [-0.2, -0.15) is 0 Å². The Labute approximate surface area is 193 Å². The summed E-state index contributed by atoms with van der Waals surface area (Å²) in [4.78, 5) is 5.43. The average molecular weight is 445 g/mol. The van der Waals surface area contributed by atoms with Crippen LogP contribution < -0.4 is 9.47 Å². The number of rotatable bonds is 7. The Bertz CT molecular complexity index is 801. The van der Waals surface area contributed by atoms with E-state index in [4.69, 9.17) is 9.47 Å². The maximum Gasteiger partial charge on any atom is 0.119 e. The molecule has 2 aliphatic rings. The van der Waals surface area contributed by atoms with E-state index in [1.807, 2.05) is 12.1 Å². The zero-order valence-corrected chi connectivity index (χ0v) is 19.8. The quantitative estimate of drug-likeness (QED) is 0.574. The Balaban J connectivity index is 0.00000272. The molecule has 0 bridgehead atoms. The second-order valence-corrected chi connectivity index (χ2v) is 8.71. The summed E-state index contributed by atoms with van der Waals surface area (Å²) >= 11 is 0. The van der Waals surface area contributed by atoms with Crippen molar-refractivity contribution in [3.05, 3.63) is 59.7 Å². The van der Waals surface area contributed by atoms with Crippen LogP contribution in [0.4, 0.5) is 0 Å². The molecule has 2 aromatic carbocycles. The minimum Gasteiger partial charge on any atom is -0.497 e. The molecule has 0 spiro atoms. The normalized spacial score (nSPS) is 19.4. The molecule has 1 atom stereocenters. The Morgan fingerprint density at radius 3 is 2.16 bits per heavy atom. The van der Waals surface area contributed by atoms with Gasteiger partial charge in [0.1, 0.15) is 11.5 Å². The van der Waals surface area contributed by atoms with Gasteiger partial charge in [-0.25, -0.2) is 0 Å². The molecule has 4 nitrogen and oxygen atoms in total. The zero-order chi connectivity index (χ0) is 20.8. The molecular formula is C26H37ClN2O2. The highest BCUT2D eigenvalue weighted by atomic mass is 35.5. The first-order valence-corrected chi connectivity index (χ1v) is 11.5. The van der Waals surface area contributed by atoms with Crippen LogP contribution in [0.3, 0.4) is 0 Å². The van der Waals surface area contributed by atoms with Crippen molar-refractivity contribution in [3.63, 3.8) is 0 Å². The van der Waals surface area contributed by atoms with E-state index >= 15 is 0 Å². The highest BCUT2D eigenvalue weighted by molar-refractivity contribution is 5.85. The lowest BCUT2D eigenvalue weighted by molar-refractivity contribution is 0.0559. The number of nitrogens with zero attached hydrogens (tertiary/aromatic N) is 2. The lowest BCUT2D eigenvalue weighted by atomic mass is 9.93. The Hall–Kier alpha value is -1.75. The maximum absolute atomic E-state index is 5.53. The van der Waals surface area contributed by atoms with Crippen LogP contribution >= 0.6 is 12.4 Å². The standard InChI is InChI=1S/C26H36N2O2.ClH/c1-29-24-12-6-8-21(18-24)19-26(22-9-7-13-25(20-22)30-2)28-16-14-27(15-17-28)23-10-4-3-5-11-23;/h6-9,12-13,18,20,23,26H,3-5,10-11,14-17,19H2,1-2H3;1H. The van der Waals surface area contributed by atoms with Crippen molar-refractivity contribution in [1.29, 1.82) is 0 Å². The maximum atomic E-state index is 5.53. The largest absolute Gasteiger partial charge is 0.497 e. The van der Waals surface area contributed by atoms with Gasteiger partial charge < -0.3 is 9.47 Å². The second kappa shape index (κ2) is 11.8. The topological polar surface area (TPSA) is 24.9 Å². The molecule has 2 aromatic rings. The van der Waals surface area contributed by atoms with Gasteiger partial charge >= 0.3 is 0 Å². The number of methoxy groups -OCH3 is 2. The minimum absolute atomic E-state index is 0. The summed E-state index contributed by atoms with van der Waals surface area (Å²) in [6, 6.07) is 18.3. The van der Waals surface area contributed by atoms with Crippen LogP contribution in [0, 0.1) is 0 Å². The lowest BCUT2D eigenvalue weighted by Crippen LogP contribution is -2.51. The van der Waals surface area contributed by atoms with E-state index in [9.17, 15) is 0 Å². The summed E-state index contributed by atoms with van der Waals surface area (Å²) in [5.41, 5.74) is 2.65. The molecule has 1 saturated carbocycles. The first-order valence-electron chi connectivity index (χ1n) is 11.5. The van der Waals surface area contributed by atoms with Crippen LogP contribution in [0.5, 0.6) is 11.5 Å². The van der Waals surface area contributed by atoms with Crippen LogP contribution in [0.2, 0.25) is 0 Å². The molecule has 0 aromatic heterocycles. The predicted molar refractivity (Wildman–Crippen MR) is 130 cm³/mol. The van der Waals surface area contributed by atoms with Crippen molar-refractivity contribution in [2.24, 2.45) is 0 Å². The highest BCUT2D eigenvalue weighted by Crippen LogP contribution is 2.31. The third-order valence-electron chi connectivity index (χ3n) is 6.92. The average Bonchev–Trinajstić information content (AvgIpc) is 2.83. The van der Waals surface area contributed by atoms with E-state index in [-0.39, 0.29) is 12.4 Å². The van der Waals surface area contributed by atoms with Crippen molar-refractivity contribution >= 4 is 12.4 Å². The fraction of sp³-hybridized carbons (Fsp3) is 0.538. The van der Waals surface area contributed by atoms with Crippen LogP contribution in [0.25, 0.3) is 0 Å². The lowest BCUT2D eigenvalue weighted by Gasteiger charge is -2.43. The van der Waals surface area contributed by atoms with E-state index in [0.717, 1.165) is 37.1 Å². The molecular weight excluding hydrogens is 408 g/mol. The summed E-state index contributed by atoms with van der Waals surface area (Å²) in [6.07, 6.45) is 8.01. The SMILES string of the molecule is COc1cccc(CC(c2cccc(OC)c2)N2CCN(C3CCCCC3)CC2)c1.Cl. The van der Waals surface area contributed by atoms with Gasteiger partial charge in [0.15, 0.2) is 0 Å². The summed E-state index contributed by atoms with van der Waals surface area (Å²) in [6.45, 7) is 4.62. The Morgan fingerprint density at radius 2 is 1.48 bits per heavy atom. The Kier molecular flexibility index (Phi) is 9.06. The number of ether oxygens (including phenoxy) is 2. The van der Waals surface area contributed by atoms with Crippen molar-refractivity contribution < 1.29 is 9.47 Å². The fourth-order valence-corrected chi connectivity index (χ4v) is 5.19. The van der Waals surface area contributed by atoms with Gasteiger partial charge in [-0.05, 0) is 54.7 Å². The molecule has 2 fully saturated rings. The van der Waals surface area contributed by atoms with Crippen LogP contribution in [-0.2, 0) is 6.42 Å². The summed E-state index contributed by atoms with van der Waals surface area (Å²) in [7, 11) is 3.49. The number of halogens is 1. The first kappa shape index (κ1) is 23.9. The van der Waals surface area contributed by atoms with Crippen molar-refractivity contribution in [3.8, 4) is 11.5 Å². The van der Waals surface area contributed by atoms with Crippen molar-refractivity contribution in [1.82, 2.24) is 9.80 Å². The van der Waals surface area contributed by atoms with Crippen LogP contribution in [0.15, 0.2) is 48.5 Å². The molecule has 170 valence electrons. The molecule has 1 unspecified atom stereocenters. The molecule has 4 rings (SSSR count). The smallest absolute Gasteiger partial charge is 0.119 e. The Morgan fingerprint density at radius 1 is 0.839 bits per heavy atom. The molecule has 0 radical (unpaired) electrons. The van der Waals surface area contributed by atoms with Crippen LogP contribution in [0.1, 0.15) is 49.3 Å². The number of hydrogen-bond acceptors (Lipinski definition) is 4. The molecule has 31 heavy (non-hydrogen) atoms. The van der Waals surface area contributed by atoms with Crippen molar-refractivity contribution in [2.45, 2.75) is 50.6 Å². The van der Waals surface area contributed by atoms with E-state index in [2.05, 4.69) is 46.2 Å². The third kappa shape index (κ3) is 6.15. The number of hydrogen-bond donors (Lipinski definition) is 0. The monoisotopic (exact) mass is 444 g/mol. The fourth-order valence-electron chi connectivity index (χ4n) is 5.19. The molecule has 1 saturated heterocycles. The van der Waals surface area contributed by atoms with Gasteiger partial charge in [-0.1, -0.05) is 43.5 Å². The molecule has 1 heterocycles. The number of piperazine rings is 1. The summed E-state index contributed by atoms with van der Waals surface area (Å²) in [5.74, 6) is 1.86. The van der Waals surface area contributed by atoms with Gasteiger partial charge in [0, 0.05) is 38.3 Å². The molecule has 5 heteroatoms. The third-order valence-corrected chi connectivity index (χ3v) is 6.92. The van der Waals surface area contributed by atoms with Gasteiger partial charge in [-0.3, -0.25) is 9.80 Å².